The zero-order valence-electron chi connectivity index (χ0n) is 9.84. The molecule has 0 amide bonds. The molecule has 92 valence electrons. The highest BCUT2D eigenvalue weighted by Crippen LogP contribution is 2.25. The second kappa shape index (κ2) is 5.36. The van der Waals surface area contributed by atoms with Crippen molar-refractivity contribution in [2.45, 2.75) is 12.8 Å². The van der Waals surface area contributed by atoms with Crippen molar-refractivity contribution in [2.24, 2.45) is 0 Å². The van der Waals surface area contributed by atoms with E-state index in [9.17, 15) is 15.0 Å². The standard InChI is InChI=1S/C15H14O3/c16-13(12-4-2-1-3-5-12)8-6-11-7-9-14(17)15(18)10-11/h1-5,7,9-10,17-18H,6,8H2. The number of Topliss-reactive ketones (excluding diaryl/α,β-unsaturated/α-hetero) is 1. The van der Waals surface area contributed by atoms with E-state index in [1.807, 2.05) is 18.2 Å². The summed E-state index contributed by atoms with van der Waals surface area (Å²) in [6, 6.07) is 13.7. The molecule has 2 aromatic rings. The van der Waals surface area contributed by atoms with Crippen LogP contribution in [0.5, 0.6) is 11.5 Å². The number of hydrogen-bond acceptors (Lipinski definition) is 3. The minimum Gasteiger partial charge on any atom is -0.504 e. The molecule has 18 heavy (non-hydrogen) atoms. The van der Waals surface area contributed by atoms with Gasteiger partial charge in [0.2, 0.25) is 0 Å². The highest BCUT2D eigenvalue weighted by Gasteiger charge is 2.06. The number of hydrogen-bond donors (Lipinski definition) is 2. The molecule has 0 atom stereocenters. The molecule has 2 N–H and O–H groups in total. The molecule has 2 aromatic carbocycles. The summed E-state index contributed by atoms with van der Waals surface area (Å²) in [5, 5.41) is 18.5. The summed E-state index contributed by atoms with van der Waals surface area (Å²) in [6.07, 6.45) is 0.926. The van der Waals surface area contributed by atoms with Crippen LogP contribution >= 0.6 is 0 Å². The predicted octanol–water partition coefficient (Wildman–Crippen LogP) is 2.91. The lowest BCUT2D eigenvalue weighted by Gasteiger charge is -2.03. The van der Waals surface area contributed by atoms with Crippen molar-refractivity contribution in [1.82, 2.24) is 0 Å². The summed E-state index contributed by atoms with van der Waals surface area (Å²) in [6.45, 7) is 0. The van der Waals surface area contributed by atoms with Gasteiger partial charge >= 0.3 is 0 Å². The first-order valence-corrected chi connectivity index (χ1v) is 5.76. The maximum atomic E-state index is 11.9. The number of carbonyl (C=O) groups excluding carboxylic acids is 1. The molecule has 2 rings (SSSR count). The third-order valence-corrected chi connectivity index (χ3v) is 2.78. The van der Waals surface area contributed by atoms with Crippen molar-refractivity contribution >= 4 is 5.78 Å². The largest absolute Gasteiger partial charge is 0.504 e. The maximum Gasteiger partial charge on any atom is 0.163 e. The van der Waals surface area contributed by atoms with E-state index in [0.29, 0.717) is 18.4 Å². The Labute approximate surface area is 105 Å². The zero-order chi connectivity index (χ0) is 13.0. The third-order valence-electron chi connectivity index (χ3n) is 2.78. The average Bonchev–Trinajstić information content (AvgIpc) is 2.41. The number of ketones is 1. The molecule has 0 spiro atoms. The molecule has 0 aromatic heterocycles. The lowest BCUT2D eigenvalue weighted by atomic mass is 10.0. The van der Waals surface area contributed by atoms with Crippen LogP contribution in [0.15, 0.2) is 48.5 Å². The number of phenolic OH excluding ortho intramolecular Hbond substituents is 2. The summed E-state index contributed by atoms with van der Waals surface area (Å²) in [5.41, 5.74) is 1.52. The maximum absolute atomic E-state index is 11.9. The second-order valence-corrected chi connectivity index (χ2v) is 4.11. The van der Waals surface area contributed by atoms with Crippen LogP contribution in [0.1, 0.15) is 22.3 Å². The normalized spacial score (nSPS) is 10.2. The Morgan fingerprint density at radius 1 is 0.944 bits per heavy atom. The first-order valence-electron chi connectivity index (χ1n) is 5.76. The smallest absolute Gasteiger partial charge is 0.163 e. The fourth-order valence-corrected chi connectivity index (χ4v) is 1.75. The van der Waals surface area contributed by atoms with Crippen molar-refractivity contribution in [3.8, 4) is 11.5 Å². The summed E-state index contributed by atoms with van der Waals surface area (Å²) in [5.74, 6) is -0.226. The lowest BCUT2D eigenvalue weighted by Crippen LogP contribution is -2.00. The molecular weight excluding hydrogens is 228 g/mol. The number of phenols is 2. The number of rotatable bonds is 4. The van der Waals surface area contributed by atoms with E-state index in [2.05, 4.69) is 0 Å². The van der Waals surface area contributed by atoms with Gasteiger partial charge in [0.25, 0.3) is 0 Å². The van der Waals surface area contributed by atoms with Gasteiger partial charge in [0.15, 0.2) is 17.3 Å². The van der Waals surface area contributed by atoms with Crippen LogP contribution in [0.2, 0.25) is 0 Å². The number of benzene rings is 2. The van der Waals surface area contributed by atoms with E-state index < -0.39 is 0 Å². The Bertz CT molecular complexity index is 547. The Hall–Kier alpha value is -2.29. The second-order valence-electron chi connectivity index (χ2n) is 4.11. The Morgan fingerprint density at radius 2 is 1.67 bits per heavy atom. The molecule has 0 aliphatic heterocycles. The molecular formula is C15H14O3. The van der Waals surface area contributed by atoms with Gasteiger partial charge in [-0.15, -0.1) is 0 Å². The van der Waals surface area contributed by atoms with Gasteiger partial charge in [-0.3, -0.25) is 4.79 Å². The minimum atomic E-state index is -0.153. The van der Waals surface area contributed by atoms with Gasteiger partial charge in [-0.05, 0) is 24.1 Å². The first kappa shape index (κ1) is 12.2. The summed E-state index contributed by atoms with van der Waals surface area (Å²) < 4.78 is 0. The van der Waals surface area contributed by atoms with Crippen molar-refractivity contribution in [3.63, 3.8) is 0 Å². The topological polar surface area (TPSA) is 57.5 Å². The highest BCUT2D eigenvalue weighted by atomic mass is 16.3. The van der Waals surface area contributed by atoms with Crippen molar-refractivity contribution in [3.05, 3.63) is 59.7 Å². The molecule has 0 aliphatic carbocycles. The molecule has 0 unspecified atom stereocenters. The molecule has 3 heteroatoms. The molecule has 0 heterocycles. The monoisotopic (exact) mass is 242 g/mol. The van der Waals surface area contributed by atoms with Gasteiger partial charge in [0.1, 0.15) is 0 Å². The Balaban J connectivity index is 1.99. The van der Waals surface area contributed by atoms with Gasteiger partial charge in [-0.2, -0.15) is 0 Å². The van der Waals surface area contributed by atoms with Crippen LogP contribution in [-0.2, 0) is 6.42 Å². The fraction of sp³-hybridized carbons (Fsp3) is 0.133. The first-order chi connectivity index (χ1) is 8.66. The molecule has 0 radical (unpaired) electrons. The van der Waals surface area contributed by atoms with E-state index >= 15 is 0 Å². The van der Waals surface area contributed by atoms with E-state index in [1.54, 1.807) is 18.2 Å². The molecule has 0 saturated carbocycles. The van der Waals surface area contributed by atoms with Crippen LogP contribution in [0.3, 0.4) is 0 Å². The van der Waals surface area contributed by atoms with Crippen LogP contribution in [0.4, 0.5) is 0 Å². The molecule has 3 nitrogen and oxygen atoms in total. The van der Waals surface area contributed by atoms with Crippen LogP contribution in [-0.4, -0.2) is 16.0 Å². The number of carbonyl (C=O) groups is 1. The third kappa shape index (κ3) is 2.88. The van der Waals surface area contributed by atoms with Gasteiger partial charge in [0.05, 0.1) is 0 Å². The van der Waals surface area contributed by atoms with E-state index in [-0.39, 0.29) is 17.3 Å². The number of aromatic hydroxyl groups is 2. The molecule has 0 bridgehead atoms. The average molecular weight is 242 g/mol. The van der Waals surface area contributed by atoms with Crippen LogP contribution in [0.25, 0.3) is 0 Å². The predicted molar refractivity (Wildman–Crippen MR) is 68.9 cm³/mol. The van der Waals surface area contributed by atoms with Crippen molar-refractivity contribution in [1.29, 1.82) is 0 Å². The van der Waals surface area contributed by atoms with Crippen molar-refractivity contribution in [2.75, 3.05) is 0 Å². The van der Waals surface area contributed by atoms with E-state index in [0.717, 1.165) is 5.56 Å². The van der Waals surface area contributed by atoms with E-state index in [4.69, 9.17) is 0 Å². The highest BCUT2D eigenvalue weighted by molar-refractivity contribution is 5.96. The summed E-state index contributed by atoms with van der Waals surface area (Å²) >= 11 is 0. The van der Waals surface area contributed by atoms with Crippen molar-refractivity contribution < 1.29 is 15.0 Å². The molecule has 0 fully saturated rings. The van der Waals surface area contributed by atoms with E-state index in [1.165, 1.54) is 12.1 Å². The van der Waals surface area contributed by atoms with Gasteiger partial charge in [-0.25, -0.2) is 0 Å². The van der Waals surface area contributed by atoms with Crippen LogP contribution < -0.4 is 0 Å². The van der Waals surface area contributed by atoms with Gasteiger partial charge in [0, 0.05) is 12.0 Å². The Kier molecular flexibility index (Phi) is 3.63. The SMILES string of the molecule is O=C(CCc1ccc(O)c(O)c1)c1ccccc1. The Morgan fingerprint density at radius 3 is 2.33 bits per heavy atom. The van der Waals surface area contributed by atoms with Gasteiger partial charge < -0.3 is 10.2 Å². The number of aryl methyl sites for hydroxylation is 1. The summed E-state index contributed by atoms with van der Waals surface area (Å²) in [4.78, 5) is 11.9. The summed E-state index contributed by atoms with van der Waals surface area (Å²) in [7, 11) is 0. The quantitative estimate of drug-likeness (QED) is 0.640. The lowest BCUT2D eigenvalue weighted by molar-refractivity contribution is 0.0983. The van der Waals surface area contributed by atoms with Gasteiger partial charge in [-0.1, -0.05) is 36.4 Å². The molecule has 0 aliphatic rings. The fourth-order valence-electron chi connectivity index (χ4n) is 1.75. The minimum absolute atomic E-state index is 0.0724. The van der Waals surface area contributed by atoms with Crippen LogP contribution in [0, 0.1) is 0 Å². The zero-order valence-corrected chi connectivity index (χ0v) is 9.84. The molecule has 0 saturated heterocycles.